The molecule has 2 atom stereocenters. The van der Waals surface area contributed by atoms with Crippen molar-refractivity contribution >= 4 is 23.5 Å². The Labute approximate surface area is 138 Å². The van der Waals surface area contributed by atoms with Crippen LogP contribution in [0, 0.1) is 0 Å². The number of amides is 2. The zero-order valence-corrected chi connectivity index (χ0v) is 12.7. The van der Waals surface area contributed by atoms with Gasteiger partial charge in [0.25, 0.3) is 5.91 Å². The van der Waals surface area contributed by atoms with Crippen LogP contribution in [0.25, 0.3) is 0 Å². The van der Waals surface area contributed by atoms with E-state index >= 15 is 0 Å². The van der Waals surface area contributed by atoms with Crippen molar-refractivity contribution < 1.29 is 19.5 Å². The summed E-state index contributed by atoms with van der Waals surface area (Å²) >= 11 is 0. The molecule has 3 rings (SSSR count). The molecule has 3 N–H and O–H groups in total. The number of anilines is 1. The third-order valence-corrected chi connectivity index (χ3v) is 4.02. The predicted molar refractivity (Wildman–Crippen MR) is 87.8 cm³/mol. The van der Waals surface area contributed by atoms with E-state index in [0.29, 0.717) is 11.3 Å². The van der Waals surface area contributed by atoms with Gasteiger partial charge in [0.1, 0.15) is 6.04 Å². The number of carboxylic acid groups (broad SMARTS) is 1. The molecule has 1 heterocycles. The highest BCUT2D eigenvalue weighted by atomic mass is 16.4. The Morgan fingerprint density at radius 1 is 1.08 bits per heavy atom. The molecule has 0 bridgehead atoms. The zero-order valence-electron chi connectivity index (χ0n) is 12.7. The Morgan fingerprint density at radius 2 is 1.75 bits per heavy atom. The van der Waals surface area contributed by atoms with Crippen molar-refractivity contribution in [3.63, 3.8) is 0 Å². The summed E-state index contributed by atoms with van der Waals surface area (Å²) in [5.41, 5.74) is 1.81. The summed E-state index contributed by atoms with van der Waals surface area (Å²) in [7, 11) is 0. The molecule has 2 amide bonds. The molecule has 1 aliphatic heterocycles. The summed E-state index contributed by atoms with van der Waals surface area (Å²) in [6, 6.07) is 14.4. The third kappa shape index (κ3) is 3.12. The van der Waals surface area contributed by atoms with Crippen LogP contribution in [0.2, 0.25) is 0 Å². The molecule has 2 unspecified atom stereocenters. The van der Waals surface area contributed by atoms with Crippen LogP contribution < -0.4 is 10.6 Å². The monoisotopic (exact) mass is 324 g/mol. The van der Waals surface area contributed by atoms with Gasteiger partial charge in [-0.1, -0.05) is 36.4 Å². The fourth-order valence-corrected chi connectivity index (χ4v) is 2.80. The van der Waals surface area contributed by atoms with Gasteiger partial charge in [0.2, 0.25) is 5.91 Å². The van der Waals surface area contributed by atoms with Crippen molar-refractivity contribution in [2.45, 2.75) is 18.4 Å². The number of aliphatic carboxylic acids is 1. The number of carboxylic acids is 1. The molecule has 0 fully saturated rings. The highest BCUT2D eigenvalue weighted by Crippen LogP contribution is 2.35. The second-order valence-corrected chi connectivity index (χ2v) is 5.60. The standard InChI is InChI=1S/C18H16N2O4/c21-16(11-6-2-1-3-7-11)20-15(18(23)24)10-13-12-8-4-5-9-14(12)19-17(13)22/h1-9,13,15H,10H2,(H,19,22)(H,20,21)(H,23,24). The minimum Gasteiger partial charge on any atom is -0.480 e. The number of rotatable bonds is 5. The summed E-state index contributed by atoms with van der Waals surface area (Å²) in [5, 5.41) is 14.6. The second kappa shape index (κ2) is 6.54. The van der Waals surface area contributed by atoms with Gasteiger partial charge in [-0.15, -0.1) is 0 Å². The molecule has 6 nitrogen and oxygen atoms in total. The third-order valence-electron chi connectivity index (χ3n) is 4.02. The molecule has 2 aromatic carbocycles. The van der Waals surface area contributed by atoms with Gasteiger partial charge in [0.05, 0.1) is 5.92 Å². The number of nitrogens with one attached hydrogen (secondary N) is 2. The van der Waals surface area contributed by atoms with E-state index in [4.69, 9.17) is 0 Å². The van der Waals surface area contributed by atoms with Gasteiger partial charge in [-0.05, 0) is 30.2 Å². The zero-order chi connectivity index (χ0) is 17.1. The number of carbonyl (C=O) groups excluding carboxylic acids is 2. The van der Waals surface area contributed by atoms with E-state index < -0.39 is 23.8 Å². The quantitative estimate of drug-likeness (QED) is 0.784. The first-order chi connectivity index (χ1) is 11.6. The van der Waals surface area contributed by atoms with Crippen LogP contribution in [0.15, 0.2) is 54.6 Å². The van der Waals surface area contributed by atoms with Gasteiger partial charge in [0, 0.05) is 11.3 Å². The summed E-state index contributed by atoms with van der Waals surface area (Å²) in [4.78, 5) is 35.8. The number of hydrogen-bond acceptors (Lipinski definition) is 3. The molecular formula is C18H16N2O4. The van der Waals surface area contributed by atoms with E-state index in [-0.39, 0.29) is 12.3 Å². The topological polar surface area (TPSA) is 95.5 Å². The first-order valence-corrected chi connectivity index (χ1v) is 7.55. The normalized spacial score (nSPS) is 16.8. The first kappa shape index (κ1) is 15.7. The maximum atomic E-state index is 12.2. The Kier molecular flexibility index (Phi) is 4.29. The average Bonchev–Trinajstić information content (AvgIpc) is 2.90. The van der Waals surface area contributed by atoms with Gasteiger partial charge < -0.3 is 15.7 Å². The molecule has 0 spiro atoms. The van der Waals surface area contributed by atoms with Crippen LogP contribution in [0.1, 0.15) is 28.3 Å². The lowest BCUT2D eigenvalue weighted by Gasteiger charge is -2.17. The molecule has 0 saturated heterocycles. The number of hydrogen-bond donors (Lipinski definition) is 3. The lowest BCUT2D eigenvalue weighted by Crippen LogP contribution is -2.42. The molecule has 0 aliphatic carbocycles. The highest BCUT2D eigenvalue weighted by molar-refractivity contribution is 6.03. The number of fused-ring (bicyclic) bond motifs is 1. The van der Waals surface area contributed by atoms with Gasteiger partial charge in [0.15, 0.2) is 0 Å². The predicted octanol–water partition coefficient (Wildman–Crippen LogP) is 2.00. The maximum absolute atomic E-state index is 12.2. The second-order valence-electron chi connectivity index (χ2n) is 5.60. The van der Waals surface area contributed by atoms with Crippen LogP contribution in [0.5, 0.6) is 0 Å². The fourth-order valence-electron chi connectivity index (χ4n) is 2.80. The molecule has 24 heavy (non-hydrogen) atoms. The van der Waals surface area contributed by atoms with Crippen molar-refractivity contribution in [3.8, 4) is 0 Å². The van der Waals surface area contributed by atoms with E-state index in [2.05, 4.69) is 10.6 Å². The van der Waals surface area contributed by atoms with E-state index in [1.54, 1.807) is 54.6 Å². The minimum atomic E-state index is -1.17. The van der Waals surface area contributed by atoms with Crippen molar-refractivity contribution in [1.29, 1.82) is 0 Å². The van der Waals surface area contributed by atoms with Gasteiger partial charge in [-0.25, -0.2) is 4.79 Å². The van der Waals surface area contributed by atoms with Gasteiger partial charge in [-0.3, -0.25) is 9.59 Å². The SMILES string of the molecule is O=C(NC(CC1C(=O)Nc2ccccc21)C(=O)O)c1ccccc1. The largest absolute Gasteiger partial charge is 0.480 e. The minimum absolute atomic E-state index is 0.00322. The van der Waals surface area contributed by atoms with Gasteiger partial charge in [-0.2, -0.15) is 0 Å². The molecular weight excluding hydrogens is 308 g/mol. The van der Waals surface area contributed by atoms with E-state index in [1.807, 2.05) is 0 Å². The fraction of sp³-hybridized carbons (Fsp3) is 0.167. The Hall–Kier alpha value is -3.15. The number of carbonyl (C=O) groups is 3. The molecule has 0 saturated carbocycles. The molecule has 6 heteroatoms. The van der Waals surface area contributed by atoms with Gasteiger partial charge >= 0.3 is 5.97 Å². The van der Waals surface area contributed by atoms with Crippen LogP contribution in [-0.2, 0) is 9.59 Å². The summed E-state index contributed by atoms with van der Waals surface area (Å²) in [5.74, 6) is -2.50. The van der Waals surface area contributed by atoms with Crippen molar-refractivity contribution in [3.05, 3.63) is 65.7 Å². The summed E-state index contributed by atoms with van der Waals surface area (Å²) in [6.07, 6.45) is -0.00322. The summed E-state index contributed by atoms with van der Waals surface area (Å²) < 4.78 is 0. The molecule has 0 aromatic heterocycles. The smallest absolute Gasteiger partial charge is 0.326 e. The average molecular weight is 324 g/mol. The van der Waals surface area contributed by atoms with E-state index in [1.165, 1.54) is 0 Å². The molecule has 122 valence electrons. The lowest BCUT2D eigenvalue weighted by molar-refractivity contribution is -0.139. The van der Waals surface area contributed by atoms with Crippen LogP contribution in [-0.4, -0.2) is 28.9 Å². The molecule has 2 aromatic rings. The Morgan fingerprint density at radius 3 is 2.46 bits per heavy atom. The number of para-hydroxylation sites is 1. The lowest BCUT2D eigenvalue weighted by atomic mass is 9.93. The molecule has 0 radical (unpaired) electrons. The van der Waals surface area contributed by atoms with Crippen molar-refractivity contribution in [1.82, 2.24) is 5.32 Å². The maximum Gasteiger partial charge on any atom is 0.326 e. The molecule has 1 aliphatic rings. The first-order valence-electron chi connectivity index (χ1n) is 7.55. The highest BCUT2D eigenvalue weighted by Gasteiger charge is 2.35. The van der Waals surface area contributed by atoms with Crippen LogP contribution in [0.4, 0.5) is 5.69 Å². The van der Waals surface area contributed by atoms with E-state index in [0.717, 1.165) is 5.56 Å². The van der Waals surface area contributed by atoms with Crippen LogP contribution >= 0.6 is 0 Å². The van der Waals surface area contributed by atoms with Crippen molar-refractivity contribution in [2.75, 3.05) is 5.32 Å². The Bertz CT molecular complexity index is 789. The van der Waals surface area contributed by atoms with E-state index in [9.17, 15) is 19.5 Å². The summed E-state index contributed by atoms with van der Waals surface area (Å²) in [6.45, 7) is 0. The van der Waals surface area contributed by atoms with Crippen molar-refractivity contribution in [2.24, 2.45) is 0 Å². The Balaban J connectivity index is 1.77. The number of benzene rings is 2. The van der Waals surface area contributed by atoms with Crippen LogP contribution in [0.3, 0.4) is 0 Å².